The molecule has 0 bridgehead atoms. The zero-order chi connectivity index (χ0) is 13.9. The van der Waals surface area contributed by atoms with Gasteiger partial charge in [-0.25, -0.2) is 8.78 Å². The van der Waals surface area contributed by atoms with Gasteiger partial charge in [-0.05, 0) is 74.2 Å². The van der Waals surface area contributed by atoms with E-state index in [2.05, 4.69) is 5.32 Å². The van der Waals surface area contributed by atoms with E-state index >= 15 is 0 Å². The molecule has 3 rings (SSSR count). The third-order valence-corrected chi connectivity index (χ3v) is 4.80. The first kappa shape index (κ1) is 14.0. The molecule has 20 heavy (non-hydrogen) atoms. The summed E-state index contributed by atoms with van der Waals surface area (Å²) in [6, 6.07) is 4.55. The van der Waals surface area contributed by atoms with Crippen LogP contribution >= 0.6 is 0 Å². The molecule has 2 aliphatic rings. The summed E-state index contributed by atoms with van der Waals surface area (Å²) in [6.07, 6.45) is 8.15. The lowest BCUT2D eigenvalue weighted by molar-refractivity contribution is 0.226. The van der Waals surface area contributed by atoms with Gasteiger partial charge >= 0.3 is 0 Å². The van der Waals surface area contributed by atoms with Crippen LogP contribution in [-0.4, -0.2) is 12.6 Å². The minimum absolute atomic E-state index is 0.258. The maximum Gasteiger partial charge on any atom is 0.126 e. The van der Waals surface area contributed by atoms with Crippen molar-refractivity contribution in [2.24, 2.45) is 11.8 Å². The number of nitrogens with one attached hydrogen (secondary N) is 1. The first-order chi connectivity index (χ1) is 9.72. The Morgan fingerprint density at radius 1 is 1.00 bits per heavy atom. The topological polar surface area (TPSA) is 12.0 Å². The smallest absolute Gasteiger partial charge is 0.126 e. The fourth-order valence-electron chi connectivity index (χ4n) is 3.41. The van der Waals surface area contributed by atoms with Crippen LogP contribution in [0.5, 0.6) is 0 Å². The highest BCUT2D eigenvalue weighted by Crippen LogP contribution is 2.33. The zero-order valence-corrected chi connectivity index (χ0v) is 11.9. The molecule has 110 valence electrons. The first-order valence-electron chi connectivity index (χ1n) is 7.89. The van der Waals surface area contributed by atoms with Crippen molar-refractivity contribution in [1.29, 1.82) is 0 Å². The van der Waals surface area contributed by atoms with Crippen LogP contribution in [0.4, 0.5) is 8.78 Å². The van der Waals surface area contributed by atoms with Gasteiger partial charge in [-0.2, -0.15) is 0 Å². The minimum atomic E-state index is -0.329. The summed E-state index contributed by atoms with van der Waals surface area (Å²) in [5.41, 5.74) is 0.549. The molecule has 0 aromatic heterocycles. The van der Waals surface area contributed by atoms with Gasteiger partial charge in [0.05, 0.1) is 0 Å². The molecule has 0 saturated heterocycles. The van der Waals surface area contributed by atoms with Crippen molar-refractivity contribution in [3.63, 3.8) is 0 Å². The Hall–Kier alpha value is -0.960. The van der Waals surface area contributed by atoms with Crippen LogP contribution in [0.2, 0.25) is 0 Å². The summed E-state index contributed by atoms with van der Waals surface area (Å²) in [5, 5.41) is 3.60. The maximum atomic E-state index is 13.8. The lowest BCUT2D eigenvalue weighted by atomic mass is 9.76. The average molecular weight is 279 g/mol. The van der Waals surface area contributed by atoms with E-state index in [4.69, 9.17) is 0 Å². The maximum absolute atomic E-state index is 13.8. The van der Waals surface area contributed by atoms with Crippen LogP contribution in [0.15, 0.2) is 18.2 Å². The Kier molecular flexibility index (Phi) is 4.35. The standard InChI is InChI=1S/C17H23F2N/c18-15-5-8-17(19)14(10-15)9-12-3-1-2-4-13(12)11-20-16-6-7-16/h5,8,10,12-13,16,20H,1-4,6-7,9,11H2. The van der Waals surface area contributed by atoms with Crippen LogP contribution in [0.1, 0.15) is 44.1 Å². The highest BCUT2D eigenvalue weighted by molar-refractivity contribution is 5.19. The van der Waals surface area contributed by atoms with E-state index in [1.807, 2.05) is 0 Å². The van der Waals surface area contributed by atoms with Crippen molar-refractivity contribution in [1.82, 2.24) is 5.32 Å². The summed E-state index contributed by atoms with van der Waals surface area (Å²) < 4.78 is 27.1. The van der Waals surface area contributed by atoms with Crippen molar-refractivity contribution >= 4 is 0 Å². The highest BCUT2D eigenvalue weighted by atomic mass is 19.1. The van der Waals surface area contributed by atoms with Gasteiger partial charge < -0.3 is 5.32 Å². The molecule has 0 heterocycles. The van der Waals surface area contributed by atoms with Crippen LogP contribution in [-0.2, 0) is 6.42 Å². The summed E-state index contributed by atoms with van der Waals surface area (Å²) >= 11 is 0. The second kappa shape index (κ2) is 6.21. The van der Waals surface area contributed by atoms with E-state index in [1.165, 1.54) is 50.3 Å². The molecular formula is C17H23F2N. The Balaban J connectivity index is 1.64. The van der Waals surface area contributed by atoms with E-state index in [-0.39, 0.29) is 11.6 Å². The van der Waals surface area contributed by atoms with Crippen molar-refractivity contribution < 1.29 is 8.78 Å². The number of rotatable bonds is 5. The van der Waals surface area contributed by atoms with Gasteiger partial charge in [-0.15, -0.1) is 0 Å². The Morgan fingerprint density at radius 3 is 2.50 bits per heavy atom. The normalized spacial score (nSPS) is 26.7. The van der Waals surface area contributed by atoms with Crippen LogP contribution < -0.4 is 5.32 Å². The lowest BCUT2D eigenvalue weighted by Crippen LogP contribution is -2.32. The van der Waals surface area contributed by atoms with Crippen LogP contribution in [0, 0.1) is 23.5 Å². The molecule has 0 amide bonds. The molecule has 1 aromatic carbocycles. The molecule has 2 unspecified atom stereocenters. The molecule has 0 radical (unpaired) electrons. The van der Waals surface area contributed by atoms with Gasteiger partial charge in [0.1, 0.15) is 11.6 Å². The molecule has 0 spiro atoms. The van der Waals surface area contributed by atoms with Crippen molar-refractivity contribution in [2.75, 3.05) is 6.54 Å². The fraction of sp³-hybridized carbons (Fsp3) is 0.647. The number of benzene rings is 1. The quantitative estimate of drug-likeness (QED) is 0.857. The van der Waals surface area contributed by atoms with E-state index in [9.17, 15) is 8.78 Å². The Labute approximate surface area is 119 Å². The monoisotopic (exact) mass is 279 g/mol. The summed E-state index contributed by atoms with van der Waals surface area (Å²) in [4.78, 5) is 0. The number of hydrogen-bond donors (Lipinski definition) is 1. The molecule has 2 atom stereocenters. The molecule has 2 fully saturated rings. The minimum Gasteiger partial charge on any atom is -0.314 e. The van der Waals surface area contributed by atoms with Crippen LogP contribution in [0.3, 0.4) is 0 Å². The predicted octanol–water partition coefficient (Wildman–Crippen LogP) is 4.07. The molecular weight excluding hydrogens is 256 g/mol. The van der Waals surface area contributed by atoms with Gasteiger partial charge in [-0.3, -0.25) is 0 Å². The second-order valence-electron chi connectivity index (χ2n) is 6.43. The SMILES string of the molecule is Fc1ccc(F)c(CC2CCCCC2CNC2CC2)c1. The largest absolute Gasteiger partial charge is 0.314 e. The fourth-order valence-corrected chi connectivity index (χ4v) is 3.41. The summed E-state index contributed by atoms with van der Waals surface area (Å²) in [6.45, 7) is 1.05. The van der Waals surface area contributed by atoms with E-state index < -0.39 is 0 Å². The Morgan fingerprint density at radius 2 is 1.75 bits per heavy atom. The zero-order valence-electron chi connectivity index (χ0n) is 11.9. The third-order valence-electron chi connectivity index (χ3n) is 4.80. The second-order valence-corrected chi connectivity index (χ2v) is 6.43. The van der Waals surface area contributed by atoms with E-state index in [0.717, 1.165) is 19.0 Å². The molecule has 1 nitrogen and oxygen atoms in total. The lowest BCUT2D eigenvalue weighted by Gasteiger charge is -2.32. The van der Waals surface area contributed by atoms with E-state index in [0.29, 0.717) is 23.8 Å². The molecule has 2 aliphatic carbocycles. The van der Waals surface area contributed by atoms with Gasteiger partial charge in [-0.1, -0.05) is 12.8 Å². The summed E-state index contributed by atoms with van der Waals surface area (Å²) in [7, 11) is 0. The first-order valence-corrected chi connectivity index (χ1v) is 7.89. The van der Waals surface area contributed by atoms with Crippen molar-refractivity contribution in [3.8, 4) is 0 Å². The average Bonchev–Trinajstić information content (AvgIpc) is 3.26. The number of hydrogen-bond acceptors (Lipinski definition) is 1. The van der Waals surface area contributed by atoms with Gasteiger partial charge in [0.25, 0.3) is 0 Å². The van der Waals surface area contributed by atoms with Gasteiger partial charge in [0.2, 0.25) is 0 Å². The van der Waals surface area contributed by atoms with Crippen molar-refractivity contribution in [2.45, 2.75) is 51.0 Å². The molecule has 2 saturated carbocycles. The molecule has 0 aliphatic heterocycles. The van der Waals surface area contributed by atoms with Gasteiger partial charge in [0, 0.05) is 6.04 Å². The van der Waals surface area contributed by atoms with Crippen LogP contribution in [0.25, 0.3) is 0 Å². The highest BCUT2D eigenvalue weighted by Gasteiger charge is 2.28. The van der Waals surface area contributed by atoms with Crippen molar-refractivity contribution in [3.05, 3.63) is 35.4 Å². The molecule has 1 aromatic rings. The molecule has 1 N–H and O–H groups in total. The predicted molar refractivity (Wildman–Crippen MR) is 76.5 cm³/mol. The number of halogens is 2. The molecule has 3 heteroatoms. The third kappa shape index (κ3) is 3.57. The summed E-state index contributed by atoms with van der Waals surface area (Å²) in [5.74, 6) is 0.522. The van der Waals surface area contributed by atoms with Gasteiger partial charge in [0.15, 0.2) is 0 Å². The Bertz CT molecular complexity index is 456. The van der Waals surface area contributed by atoms with E-state index in [1.54, 1.807) is 0 Å².